The molecular formula is C16H26N2O2S. The Hall–Kier alpha value is -1.07. The quantitative estimate of drug-likeness (QED) is 0.820. The van der Waals surface area contributed by atoms with Crippen LogP contribution in [0.3, 0.4) is 0 Å². The van der Waals surface area contributed by atoms with Crippen LogP contribution in [-0.2, 0) is 10.0 Å². The zero-order chi connectivity index (χ0) is 15.5. The van der Waals surface area contributed by atoms with Crippen molar-refractivity contribution >= 4 is 15.7 Å². The molecule has 0 saturated heterocycles. The Bertz CT molecular complexity index is 576. The Kier molecular flexibility index (Phi) is 5.27. The van der Waals surface area contributed by atoms with E-state index >= 15 is 0 Å². The van der Waals surface area contributed by atoms with Crippen LogP contribution in [0.15, 0.2) is 23.1 Å². The first-order valence-electron chi connectivity index (χ1n) is 7.81. The summed E-state index contributed by atoms with van der Waals surface area (Å²) in [6.45, 7) is 4.10. The van der Waals surface area contributed by atoms with E-state index in [4.69, 9.17) is 5.73 Å². The summed E-state index contributed by atoms with van der Waals surface area (Å²) in [4.78, 5) is 0.198. The molecule has 0 spiro atoms. The lowest BCUT2D eigenvalue weighted by Gasteiger charge is -2.28. The molecule has 0 atom stereocenters. The number of hydrogen-bond donors (Lipinski definition) is 2. The number of benzene rings is 1. The lowest BCUT2D eigenvalue weighted by Crippen LogP contribution is -2.37. The molecule has 4 nitrogen and oxygen atoms in total. The summed E-state index contributed by atoms with van der Waals surface area (Å²) in [5.41, 5.74) is 7.14. The maximum Gasteiger partial charge on any atom is 0.242 e. The third kappa shape index (κ3) is 4.20. The van der Waals surface area contributed by atoms with Crippen LogP contribution in [0.25, 0.3) is 0 Å². The number of nitrogen functional groups attached to an aromatic ring is 1. The van der Waals surface area contributed by atoms with Crippen LogP contribution in [0.5, 0.6) is 0 Å². The van der Waals surface area contributed by atoms with Crippen molar-refractivity contribution in [2.75, 3.05) is 5.73 Å². The Balaban J connectivity index is 2.02. The van der Waals surface area contributed by atoms with Crippen molar-refractivity contribution in [2.24, 2.45) is 5.92 Å². The summed E-state index contributed by atoms with van der Waals surface area (Å²) in [6.07, 6.45) is 6.55. The fourth-order valence-corrected chi connectivity index (χ4v) is 4.59. The van der Waals surface area contributed by atoms with Crippen molar-refractivity contribution in [3.05, 3.63) is 23.8 Å². The van der Waals surface area contributed by atoms with Gasteiger partial charge in [0.05, 0.1) is 5.69 Å². The second-order valence-electron chi connectivity index (χ2n) is 6.17. The van der Waals surface area contributed by atoms with Gasteiger partial charge in [0.15, 0.2) is 0 Å². The number of hydrogen-bond acceptors (Lipinski definition) is 3. The van der Waals surface area contributed by atoms with E-state index < -0.39 is 10.0 Å². The van der Waals surface area contributed by atoms with Crippen LogP contribution in [-0.4, -0.2) is 14.5 Å². The van der Waals surface area contributed by atoms with Gasteiger partial charge in [-0.05, 0) is 56.2 Å². The van der Waals surface area contributed by atoms with E-state index in [0.29, 0.717) is 5.69 Å². The smallest absolute Gasteiger partial charge is 0.242 e. The van der Waals surface area contributed by atoms with Crippen molar-refractivity contribution in [2.45, 2.75) is 63.3 Å². The molecule has 0 aliphatic heterocycles. The Morgan fingerprint density at radius 1 is 1.24 bits per heavy atom. The molecule has 2 rings (SSSR count). The van der Waals surface area contributed by atoms with Gasteiger partial charge in [-0.25, -0.2) is 13.1 Å². The van der Waals surface area contributed by atoms with Crippen molar-refractivity contribution < 1.29 is 8.42 Å². The maximum atomic E-state index is 12.4. The summed E-state index contributed by atoms with van der Waals surface area (Å²) < 4.78 is 27.7. The van der Waals surface area contributed by atoms with Gasteiger partial charge in [-0.3, -0.25) is 0 Å². The molecule has 0 heterocycles. The molecule has 1 saturated carbocycles. The largest absolute Gasteiger partial charge is 0.398 e. The van der Waals surface area contributed by atoms with Gasteiger partial charge in [0.2, 0.25) is 10.0 Å². The highest BCUT2D eigenvalue weighted by molar-refractivity contribution is 7.89. The molecular weight excluding hydrogens is 284 g/mol. The van der Waals surface area contributed by atoms with Crippen LogP contribution >= 0.6 is 0 Å². The second-order valence-corrected chi connectivity index (χ2v) is 7.85. The van der Waals surface area contributed by atoms with E-state index in [0.717, 1.165) is 37.2 Å². The van der Waals surface area contributed by atoms with Gasteiger partial charge in [0, 0.05) is 6.04 Å². The SMILES string of the molecule is CCCC1CCC(NS(=O)(=O)c2ccc(C)cc2N)CC1. The molecule has 118 valence electrons. The molecule has 1 aromatic carbocycles. The molecule has 0 amide bonds. The Labute approximate surface area is 128 Å². The fraction of sp³-hybridized carbons (Fsp3) is 0.625. The number of sulfonamides is 1. The van der Waals surface area contributed by atoms with E-state index in [1.807, 2.05) is 6.92 Å². The lowest BCUT2D eigenvalue weighted by molar-refractivity contribution is 0.297. The van der Waals surface area contributed by atoms with Gasteiger partial charge < -0.3 is 5.73 Å². The summed E-state index contributed by atoms with van der Waals surface area (Å²) >= 11 is 0. The molecule has 1 aliphatic carbocycles. The van der Waals surface area contributed by atoms with Crippen molar-refractivity contribution in [3.8, 4) is 0 Å². The Morgan fingerprint density at radius 2 is 1.90 bits per heavy atom. The maximum absolute atomic E-state index is 12.4. The lowest BCUT2D eigenvalue weighted by atomic mass is 9.84. The molecule has 1 aliphatic rings. The second kappa shape index (κ2) is 6.79. The number of nitrogens with two attached hydrogens (primary N) is 1. The highest BCUT2D eigenvalue weighted by Crippen LogP contribution is 2.29. The fourth-order valence-electron chi connectivity index (χ4n) is 3.17. The van der Waals surface area contributed by atoms with Gasteiger partial charge in [0.25, 0.3) is 0 Å². The average molecular weight is 310 g/mol. The summed E-state index contributed by atoms with van der Waals surface area (Å²) in [5, 5.41) is 0. The summed E-state index contributed by atoms with van der Waals surface area (Å²) in [7, 11) is -3.51. The van der Waals surface area contributed by atoms with Crippen LogP contribution in [0, 0.1) is 12.8 Å². The first-order valence-corrected chi connectivity index (χ1v) is 9.29. The molecule has 1 aromatic rings. The van der Waals surface area contributed by atoms with E-state index in [2.05, 4.69) is 11.6 Å². The monoisotopic (exact) mass is 310 g/mol. The average Bonchev–Trinajstić information content (AvgIpc) is 2.40. The molecule has 0 unspecified atom stereocenters. The van der Waals surface area contributed by atoms with Crippen molar-refractivity contribution in [1.29, 1.82) is 0 Å². The number of rotatable bonds is 5. The molecule has 5 heteroatoms. The number of nitrogens with one attached hydrogen (secondary N) is 1. The van der Waals surface area contributed by atoms with Gasteiger partial charge in [-0.15, -0.1) is 0 Å². The van der Waals surface area contributed by atoms with Gasteiger partial charge >= 0.3 is 0 Å². The predicted octanol–water partition coefficient (Wildman–Crippen LogP) is 3.21. The molecule has 3 N–H and O–H groups in total. The molecule has 1 fully saturated rings. The van der Waals surface area contributed by atoms with E-state index in [1.165, 1.54) is 12.8 Å². The number of aryl methyl sites for hydroxylation is 1. The van der Waals surface area contributed by atoms with Gasteiger partial charge in [-0.1, -0.05) is 25.8 Å². The Morgan fingerprint density at radius 3 is 2.48 bits per heavy atom. The normalized spacial score (nSPS) is 23.1. The van der Waals surface area contributed by atoms with Crippen LogP contribution in [0.1, 0.15) is 51.0 Å². The minimum absolute atomic E-state index is 0.0452. The van der Waals surface area contributed by atoms with Crippen molar-refractivity contribution in [3.63, 3.8) is 0 Å². The van der Waals surface area contributed by atoms with E-state index in [-0.39, 0.29) is 10.9 Å². The van der Waals surface area contributed by atoms with Gasteiger partial charge in [0.1, 0.15) is 4.90 Å². The van der Waals surface area contributed by atoms with Crippen LogP contribution < -0.4 is 10.5 Å². The molecule has 0 bridgehead atoms. The summed E-state index contributed by atoms with van der Waals surface area (Å²) in [6, 6.07) is 5.12. The zero-order valence-electron chi connectivity index (χ0n) is 12.9. The number of anilines is 1. The highest BCUT2D eigenvalue weighted by Gasteiger charge is 2.26. The highest BCUT2D eigenvalue weighted by atomic mass is 32.2. The van der Waals surface area contributed by atoms with E-state index in [1.54, 1.807) is 18.2 Å². The van der Waals surface area contributed by atoms with Crippen LogP contribution in [0.2, 0.25) is 0 Å². The molecule has 21 heavy (non-hydrogen) atoms. The standard InChI is InChI=1S/C16H26N2O2S/c1-3-4-13-6-8-14(9-7-13)18-21(19,20)16-10-5-12(2)11-15(16)17/h5,10-11,13-14,18H,3-4,6-9,17H2,1-2H3. The minimum Gasteiger partial charge on any atom is -0.398 e. The van der Waals surface area contributed by atoms with Crippen molar-refractivity contribution in [1.82, 2.24) is 4.72 Å². The first-order chi connectivity index (χ1) is 9.92. The third-order valence-electron chi connectivity index (χ3n) is 4.32. The van der Waals surface area contributed by atoms with Gasteiger partial charge in [-0.2, -0.15) is 0 Å². The minimum atomic E-state index is -3.51. The zero-order valence-corrected chi connectivity index (χ0v) is 13.7. The molecule has 0 radical (unpaired) electrons. The predicted molar refractivity (Wildman–Crippen MR) is 86.6 cm³/mol. The topological polar surface area (TPSA) is 72.2 Å². The van der Waals surface area contributed by atoms with E-state index in [9.17, 15) is 8.42 Å². The third-order valence-corrected chi connectivity index (χ3v) is 5.91. The first kappa shape index (κ1) is 16.3. The van der Waals surface area contributed by atoms with Crippen LogP contribution in [0.4, 0.5) is 5.69 Å². The summed E-state index contributed by atoms with van der Waals surface area (Å²) in [5.74, 6) is 0.764. The molecule has 0 aromatic heterocycles.